The van der Waals surface area contributed by atoms with Crippen LogP contribution >= 0.6 is 0 Å². The van der Waals surface area contributed by atoms with Crippen LogP contribution < -0.4 is 4.74 Å². The number of aryl methyl sites for hydroxylation is 1. The molecule has 0 aliphatic rings. The molecule has 1 heterocycles. The fourth-order valence-corrected chi connectivity index (χ4v) is 2.94. The summed E-state index contributed by atoms with van der Waals surface area (Å²) in [6, 6.07) is 7.48. The Bertz CT molecular complexity index is 666. The zero-order chi connectivity index (χ0) is 19.3. The van der Waals surface area contributed by atoms with E-state index in [9.17, 15) is 4.79 Å². The third-order valence-corrected chi connectivity index (χ3v) is 4.61. The van der Waals surface area contributed by atoms with E-state index < -0.39 is 0 Å². The van der Waals surface area contributed by atoms with Gasteiger partial charge in [0.1, 0.15) is 5.75 Å². The van der Waals surface area contributed by atoms with Gasteiger partial charge < -0.3 is 4.74 Å². The van der Waals surface area contributed by atoms with Gasteiger partial charge in [-0.25, -0.2) is 0 Å². The molecule has 2 aromatic rings. The predicted molar refractivity (Wildman–Crippen MR) is 110 cm³/mol. The summed E-state index contributed by atoms with van der Waals surface area (Å²) in [5.74, 6) is 0.428. The van der Waals surface area contributed by atoms with Gasteiger partial charge in [-0.2, -0.15) is 0 Å². The Kier molecular flexibility index (Phi) is 9.53. The minimum atomic E-state index is -0.157. The van der Waals surface area contributed by atoms with Gasteiger partial charge in [-0.15, -0.1) is 0 Å². The SMILES string of the molecule is CCCCCCCC(=O)Oc1ccc(-c2cnc(CCCCC)cn2)cc1. The van der Waals surface area contributed by atoms with E-state index in [1.165, 1.54) is 32.1 Å². The highest BCUT2D eigenvalue weighted by molar-refractivity contribution is 5.72. The van der Waals surface area contributed by atoms with Crippen LogP contribution in [0.5, 0.6) is 5.75 Å². The minimum absolute atomic E-state index is 0.157. The molecule has 4 heteroatoms. The van der Waals surface area contributed by atoms with Crippen molar-refractivity contribution in [1.82, 2.24) is 9.97 Å². The summed E-state index contributed by atoms with van der Waals surface area (Å²) in [7, 11) is 0. The van der Waals surface area contributed by atoms with E-state index in [0.29, 0.717) is 12.2 Å². The number of unbranched alkanes of at least 4 members (excludes halogenated alkanes) is 6. The minimum Gasteiger partial charge on any atom is -0.427 e. The molecule has 0 amide bonds. The molecule has 146 valence electrons. The Morgan fingerprint density at radius 3 is 2.22 bits per heavy atom. The van der Waals surface area contributed by atoms with E-state index in [4.69, 9.17) is 4.74 Å². The van der Waals surface area contributed by atoms with Gasteiger partial charge in [0.2, 0.25) is 0 Å². The van der Waals surface area contributed by atoms with Crippen molar-refractivity contribution in [3.05, 3.63) is 42.4 Å². The normalized spacial score (nSPS) is 10.7. The van der Waals surface area contributed by atoms with Gasteiger partial charge in [-0.3, -0.25) is 14.8 Å². The maximum atomic E-state index is 11.9. The van der Waals surface area contributed by atoms with Crippen molar-refractivity contribution in [2.45, 2.75) is 78.1 Å². The van der Waals surface area contributed by atoms with Crippen molar-refractivity contribution in [1.29, 1.82) is 0 Å². The van der Waals surface area contributed by atoms with Gasteiger partial charge in [0.05, 0.1) is 17.6 Å². The molecule has 0 fully saturated rings. The lowest BCUT2D eigenvalue weighted by Crippen LogP contribution is -2.07. The van der Waals surface area contributed by atoms with Crippen LogP contribution in [0.1, 0.15) is 77.3 Å². The molecular formula is C23H32N2O2. The zero-order valence-electron chi connectivity index (χ0n) is 16.7. The smallest absolute Gasteiger partial charge is 0.311 e. The Morgan fingerprint density at radius 1 is 0.852 bits per heavy atom. The Balaban J connectivity index is 1.81. The number of aromatic nitrogens is 2. The molecular weight excluding hydrogens is 336 g/mol. The highest BCUT2D eigenvalue weighted by Gasteiger charge is 2.06. The molecule has 0 radical (unpaired) electrons. The zero-order valence-corrected chi connectivity index (χ0v) is 16.7. The highest BCUT2D eigenvalue weighted by Crippen LogP contribution is 2.21. The predicted octanol–water partition coefficient (Wildman–Crippen LogP) is 6.14. The number of rotatable bonds is 12. The van der Waals surface area contributed by atoms with Gasteiger partial charge in [0, 0.05) is 18.2 Å². The van der Waals surface area contributed by atoms with E-state index in [1.54, 1.807) is 0 Å². The quantitative estimate of drug-likeness (QED) is 0.256. The van der Waals surface area contributed by atoms with Gasteiger partial charge in [-0.05, 0) is 43.5 Å². The number of hydrogen-bond acceptors (Lipinski definition) is 4. The van der Waals surface area contributed by atoms with Crippen LogP contribution in [0.2, 0.25) is 0 Å². The van der Waals surface area contributed by atoms with Crippen molar-refractivity contribution in [3.63, 3.8) is 0 Å². The topological polar surface area (TPSA) is 52.1 Å². The Hall–Kier alpha value is -2.23. The number of nitrogens with zero attached hydrogens (tertiary/aromatic N) is 2. The average molecular weight is 369 g/mol. The molecule has 0 bridgehead atoms. The lowest BCUT2D eigenvalue weighted by molar-refractivity contribution is -0.134. The van der Waals surface area contributed by atoms with E-state index in [0.717, 1.165) is 42.6 Å². The van der Waals surface area contributed by atoms with Crippen LogP contribution in [-0.4, -0.2) is 15.9 Å². The number of carbonyl (C=O) groups excluding carboxylic acids is 1. The first-order valence-electron chi connectivity index (χ1n) is 10.3. The summed E-state index contributed by atoms with van der Waals surface area (Å²) in [5, 5.41) is 0. The van der Waals surface area contributed by atoms with Gasteiger partial charge in [-0.1, -0.05) is 52.4 Å². The largest absolute Gasteiger partial charge is 0.427 e. The summed E-state index contributed by atoms with van der Waals surface area (Å²) in [6.45, 7) is 4.38. The molecule has 4 nitrogen and oxygen atoms in total. The maximum Gasteiger partial charge on any atom is 0.311 e. The van der Waals surface area contributed by atoms with E-state index in [2.05, 4.69) is 23.8 Å². The second-order valence-electron chi connectivity index (χ2n) is 7.01. The second-order valence-corrected chi connectivity index (χ2v) is 7.01. The van der Waals surface area contributed by atoms with E-state index in [1.807, 2.05) is 36.7 Å². The molecule has 0 saturated carbocycles. The summed E-state index contributed by atoms with van der Waals surface area (Å²) in [6.07, 6.45) is 14.4. The highest BCUT2D eigenvalue weighted by atomic mass is 16.5. The first-order chi connectivity index (χ1) is 13.2. The number of esters is 1. The fourth-order valence-electron chi connectivity index (χ4n) is 2.94. The molecule has 0 spiro atoms. The molecule has 0 aliphatic heterocycles. The third kappa shape index (κ3) is 7.90. The second kappa shape index (κ2) is 12.2. The maximum absolute atomic E-state index is 11.9. The monoisotopic (exact) mass is 368 g/mol. The Morgan fingerprint density at radius 2 is 1.56 bits per heavy atom. The molecule has 0 unspecified atom stereocenters. The molecule has 0 atom stereocenters. The van der Waals surface area contributed by atoms with Crippen molar-refractivity contribution >= 4 is 5.97 Å². The van der Waals surface area contributed by atoms with Crippen LogP contribution in [-0.2, 0) is 11.2 Å². The van der Waals surface area contributed by atoms with Crippen molar-refractivity contribution in [2.24, 2.45) is 0 Å². The number of benzene rings is 1. The third-order valence-electron chi connectivity index (χ3n) is 4.61. The lowest BCUT2D eigenvalue weighted by Gasteiger charge is -2.06. The van der Waals surface area contributed by atoms with Gasteiger partial charge in [0.15, 0.2) is 0 Å². The van der Waals surface area contributed by atoms with E-state index in [-0.39, 0.29) is 5.97 Å². The van der Waals surface area contributed by atoms with Crippen molar-refractivity contribution in [2.75, 3.05) is 0 Å². The molecule has 2 rings (SSSR count). The lowest BCUT2D eigenvalue weighted by atomic mass is 10.1. The summed E-state index contributed by atoms with van der Waals surface area (Å²) >= 11 is 0. The van der Waals surface area contributed by atoms with Gasteiger partial charge >= 0.3 is 5.97 Å². The van der Waals surface area contributed by atoms with Crippen LogP contribution in [0.3, 0.4) is 0 Å². The van der Waals surface area contributed by atoms with Crippen LogP contribution in [0.4, 0.5) is 0 Å². The standard InChI is InChI=1S/C23H32N2O2/c1-3-5-7-8-10-12-23(26)27-21-15-13-19(14-16-21)22-18-24-20(17-25-22)11-9-6-4-2/h13-18H,3-12H2,1-2H3. The number of carbonyl (C=O) groups is 1. The molecule has 1 aromatic carbocycles. The molecule has 27 heavy (non-hydrogen) atoms. The van der Waals surface area contributed by atoms with Crippen LogP contribution in [0.15, 0.2) is 36.7 Å². The first kappa shape index (κ1) is 21.1. The average Bonchev–Trinajstić information content (AvgIpc) is 2.69. The summed E-state index contributed by atoms with van der Waals surface area (Å²) < 4.78 is 5.41. The summed E-state index contributed by atoms with van der Waals surface area (Å²) in [5.41, 5.74) is 2.85. The van der Waals surface area contributed by atoms with Crippen molar-refractivity contribution < 1.29 is 9.53 Å². The molecule has 0 aliphatic carbocycles. The fraction of sp³-hybridized carbons (Fsp3) is 0.522. The van der Waals surface area contributed by atoms with Crippen molar-refractivity contribution in [3.8, 4) is 17.0 Å². The first-order valence-corrected chi connectivity index (χ1v) is 10.3. The Labute approximate surface area is 163 Å². The van der Waals surface area contributed by atoms with Gasteiger partial charge in [0.25, 0.3) is 0 Å². The number of ether oxygens (including phenoxy) is 1. The number of hydrogen-bond donors (Lipinski definition) is 0. The summed E-state index contributed by atoms with van der Waals surface area (Å²) in [4.78, 5) is 20.9. The molecule has 0 N–H and O–H groups in total. The van der Waals surface area contributed by atoms with E-state index >= 15 is 0 Å². The van der Waals surface area contributed by atoms with Crippen LogP contribution in [0, 0.1) is 0 Å². The molecule has 1 aromatic heterocycles. The molecule has 0 saturated heterocycles. The van der Waals surface area contributed by atoms with Crippen LogP contribution in [0.25, 0.3) is 11.3 Å².